The van der Waals surface area contributed by atoms with Crippen LogP contribution in [0.5, 0.6) is 5.75 Å². The summed E-state index contributed by atoms with van der Waals surface area (Å²) in [5, 5.41) is 15.3. The fraction of sp³-hybridized carbons (Fsp3) is 0.462. The van der Waals surface area contributed by atoms with Crippen molar-refractivity contribution in [1.29, 1.82) is 0 Å². The second-order valence-electron chi connectivity index (χ2n) is 4.68. The van der Waals surface area contributed by atoms with Crippen LogP contribution >= 0.6 is 0 Å². The monoisotopic (exact) mass is 234 g/mol. The zero-order valence-electron chi connectivity index (χ0n) is 10.2. The number of hydrogen-bond acceptors (Lipinski definition) is 2. The third-order valence-corrected chi connectivity index (χ3v) is 3.23. The zero-order valence-corrected chi connectivity index (χ0v) is 10.2. The molecule has 1 aromatic carbocycles. The number of carbonyl (C=O) groups is 1. The predicted molar refractivity (Wildman–Crippen MR) is 67.4 cm³/mol. The summed E-state index contributed by atoms with van der Waals surface area (Å²) < 4.78 is 0. The highest BCUT2D eigenvalue weighted by atomic mass is 16.3. The van der Waals surface area contributed by atoms with E-state index in [1.54, 1.807) is 12.1 Å². The second kappa shape index (κ2) is 4.65. The maximum atomic E-state index is 11.7. The highest BCUT2D eigenvalue weighted by Gasteiger charge is 2.19. The van der Waals surface area contributed by atoms with E-state index in [2.05, 4.69) is 10.6 Å². The molecule has 0 radical (unpaired) electrons. The Hall–Kier alpha value is -1.71. The molecule has 4 heteroatoms. The average Bonchev–Trinajstić information content (AvgIpc) is 2.20. The predicted octanol–water partition coefficient (Wildman–Crippen LogP) is 2.68. The van der Waals surface area contributed by atoms with Gasteiger partial charge in [-0.25, -0.2) is 4.79 Å². The van der Waals surface area contributed by atoms with Crippen LogP contribution in [0.2, 0.25) is 0 Å². The van der Waals surface area contributed by atoms with Crippen molar-refractivity contribution in [2.75, 3.05) is 5.32 Å². The van der Waals surface area contributed by atoms with E-state index in [0.29, 0.717) is 6.04 Å². The summed E-state index contributed by atoms with van der Waals surface area (Å²) in [6.45, 7) is 3.67. The summed E-state index contributed by atoms with van der Waals surface area (Å²) in [5.41, 5.74) is 2.36. The number of aryl methyl sites for hydroxylation is 2. The number of rotatable bonds is 2. The molecular weight excluding hydrogens is 216 g/mol. The Labute approximate surface area is 101 Å². The molecule has 0 aliphatic heterocycles. The number of benzene rings is 1. The molecule has 1 aliphatic carbocycles. The molecule has 0 bridgehead atoms. The molecule has 0 unspecified atom stereocenters. The molecule has 0 saturated heterocycles. The van der Waals surface area contributed by atoms with E-state index < -0.39 is 0 Å². The zero-order chi connectivity index (χ0) is 12.4. The van der Waals surface area contributed by atoms with Gasteiger partial charge in [-0.2, -0.15) is 0 Å². The van der Waals surface area contributed by atoms with Gasteiger partial charge in [0.2, 0.25) is 0 Å². The Morgan fingerprint density at radius 2 is 2.00 bits per heavy atom. The summed E-state index contributed by atoms with van der Waals surface area (Å²) >= 11 is 0. The number of carbonyl (C=O) groups excluding carboxylic acids is 1. The summed E-state index contributed by atoms with van der Waals surface area (Å²) in [6.07, 6.45) is 3.34. The van der Waals surface area contributed by atoms with Crippen LogP contribution < -0.4 is 10.6 Å². The minimum Gasteiger partial charge on any atom is -0.508 e. The van der Waals surface area contributed by atoms with Crippen molar-refractivity contribution in [2.24, 2.45) is 0 Å². The van der Waals surface area contributed by atoms with Crippen LogP contribution in [0.4, 0.5) is 10.5 Å². The maximum absolute atomic E-state index is 11.7. The quantitative estimate of drug-likeness (QED) is 0.689. The van der Waals surface area contributed by atoms with Gasteiger partial charge in [-0.3, -0.25) is 0 Å². The number of hydrogen-bond donors (Lipinski definition) is 3. The molecule has 1 fully saturated rings. The number of amides is 2. The molecule has 2 rings (SSSR count). The lowest BCUT2D eigenvalue weighted by atomic mass is 9.93. The summed E-state index contributed by atoms with van der Waals surface area (Å²) in [6, 6.07) is 3.61. The van der Waals surface area contributed by atoms with Crippen LogP contribution in [0, 0.1) is 13.8 Å². The molecule has 1 saturated carbocycles. The highest BCUT2D eigenvalue weighted by Crippen LogP contribution is 2.25. The first-order valence-electron chi connectivity index (χ1n) is 5.94. The van der Waals surface area contributed by atoms with Gasteiger partial charge in [-0.1, -0.05) is 0 Å². The average molecular weight is 234 g/mol. The number of aromatic hydroxyl groups is 1. The van der Waals surface area contributed by atoms with Crippen molar-refractivity contribution in [1.82, 2.24) is 5.32 Å². The summed E-state index contributed by atoms with van der Waals surface area (Å²) in [4.78, 5) is 11.7. The fourth-order valence-corrected chi connectivity index (χ4v) is 1.83. The van der Waals surface area contributed by atoms with Crippen LogP contribution in [-0.4, -0.2) is 17.2 Å². The van der Waals surface area contributed by atoms with Gasteiger partial charge in [-0.05, 0) is 56.4 Å². The Balaban J connectivity index is 2.02. The first kappa shape index (κ1) is 11.8. The Kier molecular flexibility index (Phi) is 3.22. The fourth-order valence-electron chi connectivity index (χ4n) is 1.83. The van der Waals surface area contributed by atoms with E-state index >= 15 is 0 Å². The van der Waals surface area contributed by atoms with Crippen LogP contribution in [-0.2, 0) is 0 Å². The van der Waals surface area contributed by atoms with Gasteiger partial charge >= 0.3 is 6.03 Å². The number of anilines is 1. The molecular formula is C13H18N2O2. The van der Waals surface area contributed by atoms with E-state index in [1.807, 2.05) is 13.8 Å². The van der Waals surface area contributed by atoms with Gasteiger partial charge in [0.15, 0.2) is 0 Å². The molecule has 1 aromatic rings. The first-order valence-corrected chi connectivity index (χ1v) is 5.94. The molecule has 0 heterocycles. The Morgan fingerprint density at radius 3 is 2.59 bits per heavy atom. The van der Waals surface area contributed by atoms with Crippen molar-refractivity contribution in [2.45, 2.75) is 39.2 Å². The van der Waals surface area contributed by atoms with Crippen molar-refractivity contribution in [3.63, 3.8) is 0 Å². The third kappa shape index (κ3) is 2.70. The number of phenolic OH excluding ortho intramolecular Hbond substituents is 1. The van der Waals surface area contributed by atoms with Gasteiger partial charge in [-0.15, -0.1) is 0 Å². The molecule has 0 aromatic heterocycles. The smallest absolute Gasteiger partial charge is 0.319 e. The normalized spacial score (nSPS) is 15.2. The number of nitrogens with one attached hydrogen (secondary N) is 2. The van der Waals surface area contributed by atoms with Crippen LogP contribution in [0.3, 0.4) is 0 Å². The maximum Gasteiger partial charge on any atom is 0.319 e. The molecule has 0 atom stereocenters. The minimum absolute atomic E-state index is 0.164. The largest absolute Gasteiger partial charge is 0.508 e. The van der Waals surface area contributed by atoms with Crippen molar-refractivity contribution in [3.8, 4) is 5.75 Å². The van der Waals surface area contributed by atoms with Gasteiger partial charge in [0, 0.05) is 11.7 Å². The topological polar surface area (TPSA) is 61.4 Å². The lowest BCUT2D eigenvalue weighted by molar-refractivity contribution is 0.240. The van der Waals surface area contributed by atoms with Gasteiger partial charge in [0.25, 0.3) is 0 Å². The molecule has 2 amide bonds. The number of urea groups is 1. The van der Waals surface area contributed by atoms with Gasteiger partial charge in [0.05, 0.1) is 0 Å². The molecule has 0 spiro atoms. The molecule has 17 heavy (non-hydrogen) atoms. The highest BCUT2D eigenvalue weighted by molar-refractivity contribution is 5.90. The Morgan fingerprint density at radius 1 is 1.29 bits per heavy atom. The summed E-state index contributed by atoms with van der Waals surface area (Å²) in [5.74, 6) is 0.257. The van der Waals surface area contributed by atoms with Crippen molar-refractivity contribution in [3.05, 3.63) is 23.3 Å². The summed E-state index contributed by atoms with van der Waals surface area (Å²) in [7, 11) is 0. The van der Waals surface area contributed by atoms with E-state index in [9.17, 15) is 9.90 Å². The third-order valence-electron chi connectivity index (χ3n) is 3.23. The molecule has 92 valence electrons. The van der Waals surface area contributed by atoms with Crippen LogP contribution in [0.1, 0.15) is 30.4 Å². The van der Waals surface area contributed by atoms with Gasteiger partial charge < -0.3 is 15.7 Å². The Bertz CT molecular complexity index is 439. The minimum atomic E-state index is -0.164. The van der Waals surface area contributed by atoms with E-state index in [0.717, 1.165) is 29.7 Å². The lowest BCUT2D eigenvalue weighted by Crippen LogP contribution is -2.41. The van der Waals surface area contributed by atoms with Crippen molar-refractivity contribution < 1.29 is 9.90 Å². The van der Waals surface area contributed by atoms with Crippen LogP contribution in [0.25, 0.3) is 0 Å². The lowest BCUT2D eigenvalue weighted by Gasteiger charge is -2.26. The van der Waals surface area contributed by atoms with E-state index in [4.69, 9.17) is 0 Å². The van der Waals surface area contributed by atoms with Crippen LogP contribution in [0.15, 0.2) is 12.1 Å². The first-order chi connectivity index (χ1) is 8.06. The van der Waals surface area contributed by atoms with E-state index in [1.165, 1.54) is 6.42 Å². The molecule has 3 N–H and O–H groups in total. The molecule has 1 aliphatic rings. The van der Waals surface area contributed by atoms with E-state index in [-0.39, 0.29) is 11.8 Å². The second-order valence-corrected chi connectivity index (χ2v) is 4.68. The van der Waals surface area contributed by atoms with Crippen molar-refractivity contribution >= 4 is 11.7 Å². The SMILES string of the molecule is Cc1cc(NC(=O)NC2CCC2)c(C)cc1O. The molecule has 4 nitrogen and oxygen atoms in total. The number of phenols is 1. The van der Waals surface area contributed by atoms with Gasteiger partial charge in [0.1, 0.15) is 5.75 Å². The standard InChI is InChI=1S/C13H18N2O2/c1-8-7-12(16)9(2)6-11(8)15-13(17)14-10-4-3-5-10/h6-7,10,16H,3-5H2,1-2H3,(H2,14,15,17).